The Morgan fingerprint density at radius 2 is 1.42 bits per heavy atom. The van der Waals surface area contributed by atoms with Crippen LogP contribution in [0.15, 0.2) is 170 Å². The Labute approximate surface area is 346 Å². The molecule has 0 unspecified atom stereocenters. The number of ether oxygens (including phenoxy) is 3. The van der Waals surface area contributed by atoms with Gasteiger partial charge < -0.3 is 30.0 Å². The Bertz CT molecular complexity index is 2460. The Kier molecular flexibility index (Phi) is 12.4. The van der Waals surface area contributed by atoms with Gasteiger partial charge in [-0.25, -0.2) is 4.79 Å². The third kappa shape index (κ3) is 9.88. The van der Waals surface area contributed by atoms with Crippen LogP contribution in [0.1, 0.15) is 59.6 Å². The number of hydrogen-bond donors (Lipinski definition) is 3. The average molecular weight is 784 g/mol. The smallest absolute Gasteiger partial charge is 0.319 e. The van der Waals surface area contributed by atoms with E-state index in [0.29, 0.717) is 24.4 Å². The lowest BCUT2D eigenvalue weighted by molar-refractivity contribution is -0.253. The summed E-state index contributed by atoms with van der Waals surface area (Å²) in [6.07, 6.45) is -0.158. The molecular weight excluding hydrogens is 735 g/mol. The van der Waals surface area contributed by atoms with Gasteiger partial charge in [-0.05, 0) is 101 Å². The first-order valence-corrected chi connectivity index (χ1v) is 20.1. The van der Waals surface area contributed by atoms with Crippen molar-refractivity contribution in [3.63, 3.8) is 0 Å². The summed E-state index contributed by atoms with van der Waals surface area (Å²) in [5.74, 6) is 1.44. The summed E-state index contributed by atoms with van der Waals surface area (Å²) < 4.78 is 19.3. The van der Waals surface area contributed by atoms with Gasteiger partial charge in [0, 0.05) is 36.8 Å². The fraction of sp³-hybridized carbons (Fsp3) is 0.196. The van der Waals surface area contributed by atoms with E-state index in [1.807, 2.05) is 97.1 Å². The number of nitrogens with one attached hydrogen (secondary N) is 2. The van der Waals surface area contributed by atoms with E-state index in [0.717, 1.165) is 45.7 Å². The van der Waals surface area contributed by atoms with E-state index in [9.17, 15) is 9.90 Å². The largest absolute Gasteiger partial charge is 0.457 e. The summed E-state index contributed by atoms with van der Waals surface area (Å²) in [6, 6.07) is 56.3. The van der Waals surface area contributed by atoms with Crippen LogP contribution in [0, 0.1) is 0 Å². The molecule has 3 N–H and O–H groups in total. The quantitative estimate of drug-likeness (QED) is 0.108. The molecule has 1 heterocycles. The van der Waals surface area contributed by atoms with Crippen LogP contribution in [0.4, 0.5) is 10.5 Å². The molecule has 298 valence electrons. The van der Waals surface area contributed by atoms with Crippen LogP contribution in [0.25, 0.3) is 21.9 Å². The van der Waals surface area contributed by atoms with Crippen LogP contribution in [0.5, 0.6) is 11.5 Å². The number of para-hydroxylation sites is 1. The number of benzene rings is 7. The van der Waals surface area contributed by atoms with Crippen molar-refractivity contribution in [3.05, 3.63) is 198 Å². The first-order valence-electron chi connectivity index (χ1n) is 20.1. The second kappa shape index (κ2) is 18.5. The average Bonchev–Trinajstić information content (AvgIpc) is 3.29. The van der Waals surface area contributed by atoms with Crippen LogP contribution < -0.4 is 15.4 Å². The number of aliphatic hydroxyl groups excluding tert-OH is 1. The number of amides is 2. The molecule has 8 heteroatoms. The summed E-state index contributed by atoms with van der Waals surface area (Å²) in [5.41, 5.74) is 7.81. The lowest BCUT2D eigenvalue weighted by atomic mass is 9.97. The summed E-state index contributed by atoms with van der Waals surface area (Å²) in [6.45, 7) is 3.30. The van der Waals surface area contributed by atoms with Gasteiger partial charge in [-0.1, -0.05) is 127 Å². The van der Waals surface area contributed by atoms with Crippen molar-refractivity contribution in [3.8, 4) is 22.6 Å². The lowest BCUT2D eigenvalue weighted by Crippen LogP contribution is -2.38. The maximum Gasteiger partial charge on any atom is 0.319 e. The zero-order chi connectivity index (χ0) is 40.6. The SMILES string of the molecule is C[C@H](c1ccc2ccccc2c1)N(C)C[C@@H]1C[C@H](c2ccc(CO)cc2)O[C@H](c2ccc(-c3ccccc3CNC(=O)Nc3ccc(Oc4ccccc4)cc3)cc2)O1. The summed E-state index contributed by atoms with van der Waals surface area (Å²) >= 11 is 0. The fourth-order valence-corrected chi connectivity index (χ4v) is 7.59. The van der Waals surface area contributed by atoms with Crippen molar-refractivity contribution in [2.45, 2.75) is 51.0 Å². The summed E-state index contributed by atoms with van der Waals surface area (Å²) in [7, 11) is 2.16. The summed E-state index contributed by atoms with van der Waals surface area (Å²) in [4.78, 5) is 15.3. The standard InChI is InChI=1S/C51H49N3O5/c1-35(41-25-20-37-10-6-7-11-42(37)30-41)54(2)33-47-31-49(39-18-16-36(34-55)17-19-39)59-50(58-47)40-23-21-38(22-24-40)48-15-9-8-12-43(48)32-52-51(56)53-44-26-28-46(29-27-44)57-45-13-4-3-5-14-45/h3-30,35,47,49-50,55H,31-34H2,1-2H3,(H2,52,53,56)/t35-,47+,49-,50-/m1/s1. The monoisotopic (exact) mass is 783 g/mol. The molecule has 0 bridgehead atoms. The van der Waals surface area contributed by atoms with Gasteiger partial charge in [0.15, 0.2) is 6.29 Å². The van der Waals surface area contributed by atoms with Crippen molar-refractivity contribution in [1.29, 1.82) is 0 Å². The van der Waals surface area contributed by atoms with Gasteiger partial charge >= 0.3 is 6.03 Å². The number of aliphatic hydroxyl groups is 1. The number of fused-ring (bicyclic) bond motifs is 1. The molecule has 4 atom stereocenters. The zero-order valence-corrected chi connectivity index (χ0v) is 33.3. The molecule has 1 fully saturated rings. The Morgan fingerprint density at radius 1 is 0.746 bits per heavy atom. The lowest BCUT2D eigenvalue weighted by Gasteiger charge is -2.39. The fourth-order valence-electron chi connectivity index (χ4n) is 7.59. The van der Waals surface area contributed by atoms with Crippen molar-refractivity contribution < 1.29 is 24.1 Å². The van der Waals surface area contributed by atoms with E-state index < -0.39 is 6.29 Å². The molecule has 2 amide bonds. The topological polar surface area (TPSA) is 92.3 Å². The third-order valence-electron chi connectivity index (χ3n) is 11.1. The number of carbonyl (C=O) groups excluding carboxylic acids is 1. The molecule has 59 heavy (non-hydrogen) atoms. The second-order valence-corrected chi connectivity index (χ2v) is 15.1. The van der Waals surface area contributed by atoms with E-state index in [1.165, 1.54) is 16.3 Å². The minimum absolute atomic E-state index is 0.00313. The number of anilines is 1. The molecule has 1 aliphatic heterocycles. The van der Waals surface area contributed by atoms with Crippen LogP contribution >= 0.6 is 0 Å². The molecule has 1 aliphatic rings. The van der Waals surface area contributed by atoms with Gasteiger partial charge in [0.1, 0.15) is 11.5 Å². The highest BCUT2D eigenvalue weighted by atomic mass is 16.7. The van der Waals surface area contributed by atoms with Gasteiger partial charge in [-0.15, -0.1) is 0 Å². The normalized spacial score (nSPS) is 17.1. The van der Waals surface area contributed by atoms with Crippen LogP contribution in [-0.4, -0.2) is 35.7 Å². The van der Waals surface area contributed by atoms with Crippen molar-refractivity contribution in [1.82, 2.24) is 10.2 Å². The predicted molar refractivity (Wildman–Crippen MR) is 234 cm³/mol. The van der Waals surface area contributed by atoms with E-state index in [2.05, 4.69) is 102 Å². The first-order chi connectivity index (χ1) is 28.9. The maximum absolute atomic E-state index is 12.9. The summed E-state index contributed by atoms with van der Waals surface area (Å²) in [5, 5.41) is 18.1. The van der Waals surface area contributed by atoms with Crippen LogP contribution in [-0.2, 0) is 22.6 Å². The molecule has 0 radical (unpaired) electrons. The van der Waals surface area contributed by atoms with E-state index in [-0.39, 0.29) is 30.9 Å². The first kappa shape index (κ1) is 39.5. The molecule has 0 aliphatic carbocycles. The number of carbonyl (C=O) groups is 1. The highest BCUT2D eigenvalue weighted by Gasteiger charge is 2.33. The highest BCUT2D eigenvalue weighted by molar-refractivity contribution is 5.89. The zero-order valence-electron chi connectivity index (χ0n) is 33.3. The van der Waals surface area contributed by atoms with E-state index in [4.69, 9.17) is 14.2 Å². The van der Waals surface area contributed by atoms with Crippen LogP contribution in [0.3, 0.4) is 0 Å². The molecule has 7 aromatic rings. The van der Waals surface area contributed by atoms with Crippen molar-refractivity contribution in [2.24, 2.45) is 0 Å². The van der Waals surface area contributed by atoms with Gasteiger partial charge in [0.2, 0.25) is 0 Å². The number of urea groups is 1. The Balaban J connectivity index is 0.934. The number of likely N-dealkylation sites (N-methyl/N-ethyl adjacent to an activating group) is 1. The van der Waals surface area contributed by atoms with Crippen molar-refractivity contribution in [2.75, 3.05) is 18.9 Å². The number of nitrogens with zero attached hydrogens (tertiary/aromatic N) is 1. The minimum Gasteiger partial charge on any atom is -0.457 e. The Morgan fingerprint density at radius 3 is 2.19 bits per heavy atom. The molecule has 0 spiro atoms. The van der Waals surface area contributed by atoms with Gasteiger partial charge in [-0.3, -0.25) is 4.90 Å². The van der Waals surface area contributed by atoms with Crippen molar-refractivity contribution >= 4 is 22.5 Å². The molecule has 8 nitrogen and oxygen atoms in total. The van der Waals surface area contributed by atoms with Gasteiger partial charge in [0.05, 0.1) is 18.8 Å². The highest BCUT2D eigenvalue weighted by Crippen LogP contribution is 2.39. The molecular formula is C51H49N3O5. The minimum atomic E-state index is -0.575. The second-order valence-electron chi connectivity index (χ2n) is 15.1. The molecule has 0 saturated carbocycles. The molecule has 0 aromatic heterocycles. The number of hydrogen-bond acceptors (Lipinski definition) is 6. The third-order valence-corrected chi connectivity index (χ3v) is 11.1. The van der Waals surface area contributed by atoms with E-state index >= 15 is 0 Å². The van der Waals surface area contributed by atoms with Gasteiger partial charge in [0.25, 0.3) is 0 Å². The molecule has 8 rings (SSSR count). The molecule has 7 aromatic carbocycles. The molecule has 1 saturated heterocycles. The van der Waals surface area contributed by atoms with Crippen LogP contribution in [0.2, 0.25) is 0 Å². The maximum atomic E-state index is 12.9. The van der Waals surface area contributed by atoms with Gasteiger partial charge in [-0.2, -0.15) is 0 Å². The Hall–Kier alpha value is -6.29. The number of rotatable bonds is 13. The van der Waals surface area contributed by atoms with E-state index in [1.54, 1.807) is 0 Å². The predicted octanol–water partition coefficient (Wildman–Crippen LogP) is 11.4.